The average Bonchev–Trinajstić information content (AvgIpc) is 2.90. The normalized spacial score (nSPS) is 11.7. The molecule has 1 heterocycles. The number of hydrogen-bond acceptors (Lipinski definition) is 6. The fourth-order valence-corrected chi connectivity index (χ4v) is 4.28. The number of alkyl carbamates (subject to hydrolysis) is 1. The zero-order valence-electron chi connectivity index (χ0n) is 21.6. The summed E-state index contributed by atoms with van der Waals surface area (Å²) in [7, 11) is 0. The maximum absolute atomic E-state index is 12.5. The van der Waals surface area contributed by atoms with E-state index in [1.54, 1.807) is 27.0 Å². The van der Waals surface area contributed by atoms with Gasteiger partial charge in [0.1, 0.15) is 12.1 Å². The zero-order valence-corrected chi connectivity index (χ0v) is 23.9. The van der Waals surface area contributed by atoms with Gasteiger partial charge in [-0.25, -0.2) is 19.8 Å². The van der Waals surface area contributed by atoms with Gasteiger partial charge in [-0.15, -0.1) is 0 Å². The van der Waals surface area contributed by atoms with E-state index in [9.17, 15) is 4.79 Å². The van der Waals surface area contributed by atoms with Crippen molar-refractivity contribution >= 4 is 47.2 Å². The number of aliphatic imine (C=N–C) groups is 1. The van der Waals surface area contributed by atoms with E-state index in [1.807, 2.05) is 78.9 Å². The summed E-state index contributed by atoms with van der Waals surface area (Å²) < 4.78 is 8.49. The molecule has 0 fully saturated rings. The molecule has 4 rings (SSSR count). The number of hydrogen-bond donors (Lipinski definition) is 2. The Morgan fingerprint density at radius 3 is 2.15 bits per heavy atom. The Kier molecular flexibility index (Phi) is 9.45. The van der Waals surface area contributed by atoms with Crippen LogP contribution < -0.4 is 10.0 Å². The van der Waals surface area contributed by atoms with E-state index in [0.717, 1.165) is 27.3 Å². The lowest BCUT2D eigenvalue weighted by Gasteiger charge is -2.20. The van der Waals surface area contributed by atoms with Gasteiger partial charge < -0.3 is 4.74 Å². The number of carbonyl (C=O) groups excluding carboxylic acids is 1. The molecule has 0 atom stereocenters. The molecule has 200 valence electrons. The van der Waals surface area contributed by atoms with Crippen LogP contribution in [0.15, 0.2) is 94.9 Å². The lowest BCUT2D eigenvalue weighted by Crippen LogP contribution is -2.41. The summed E-state index contributed by atoms with van der Waals surface area (Å²) in [5, 5.41) is 3.96. The molecule has 0 bridgehead atoms. The molecule has 0 spiro atoms. The fourth-order valence-electron chi connectivity index (χ4n) is 3.41. The molecule has 7 nitrogen and oxygen atoms in total. The molecule has 1 aromatic heterocycles. The van der Waals surface area contributed by atoms with Crippen molar-refractivity contribution in [1.29, 1.82) is 0 Å². The van der Waals surface area contributed by atoms with Gasteiger partial charge in [0.05, 0.1) is 5.69 Å². The molecular formula is C29H27Cl2N5O2S. The monoisotopic (exact) mass is 579 g/mol. The maximum Gasteiger partial charge on any atom is 0.414 e. The highest BCUT2D eigenvalue weighted by Crippen LogP contribution is 2.31. The smallest absolute Gasteiger partial charge is 0.414 e. The van der Waals surface area contributed by atoms with Crippen molar-refractivity contribution < 1.29 is 9.53 Å². The standard InChI is InChI=1S/C29H27Cl2N5O2S/c1-29(2,3)38-28(37)35-27(36-39-23-7-5-4-6-8-23)33-18-25-32-17-24(19-9-13-21(30)14-10-19)26(34-25)20-11-15-22(31)16-12-20/h4-17H,18H2,1-3H3,(H2,33,35,36,37). The Morgan fingerprint density at radius 1 is 0.923 bits per heavy atom. The molecule has 39 heavy (non-hydrogen) atoms. The van der Waals surface area contributed by atoms with E-state index in [0.29, 0.717) is 15.9 Å². The number of ether oxygens (including phenoxy) is 1. The summed E-state index contributed by atoms with van der Waals surface area (Å²) in [6.45, 7) is 5.49. The molecule has 0 radical (unpaired) electrons. The number of halogens is 2. The van der Waals surface area contributed by atoms with Crippen LogP contribution in [0.3, 0.4) is 0 Å². The minimum absolute atomic E-state index is 0.106. The van der Waals surface area contributed by atoms with Gasteiger partial charge in [0.2, 0.25) is 5.96 Å². The van der Waals surface area contributed by atoms with Crippen LogP contribution in [0, 0.1) is 0 Å². The number of aromatic nitrogens is 2. The lowest BCUT2D eigenvalue weighted by atomic mass is 10.0. The predicted octanol–water partition coefficient (Wildman–Crippen LogP) is 7.80. The SMILES string of the molecule is CC(C)(C)OC(=O)NC(=NCc1ncc(-c2ccc(Cl)cc2)c(-c2ccc(Cl)cc2)n1)NSc1ccccc1. The summed E-state index contributed by atoms with van der Waals surface area (Å²) in [5.41, 5.74) is 2.71. The Balaban J connectivity index is 1.63. The minimum Gasteiger partial charge on any atom is -0.444 e. The number of nitrogens with one attached hydrogen (secondary N) is 2. The van der Waals surface area contributed by atoms with Crippen molar-refractivity contribution in [2.75, 3.05) is 0 Å². The molecule has 10 heteroatoms. The van der Waals surface area contributed by atoms with Crippen LogP contribution in [-0.2, 0) is 11.3 Å². The molecule has 0 aliphatic carbocycles. The second-order valence-corrected chi connectivity index (χ2v) is 11.1. The Bertz CT molecular complexity index is 1440. The average molecular weight is 581 g/mol. The fraction of sp³-hybridized carbons (Fsp3) is 0.172. The summed E-state index contributed by atoms with van der Waals surface area (Å²) in [6.07, 6.45) is 1.14. The van der Waals surface area contributed by atoms with E-state index < -0.39 is 11.7 Å². The van der Waals surface area contributed by atoms with Gasteiger partial charge >= 0.3 is 6.09 Å². The van der Waals surface area contributed by atoms with Crippen molar-refractivity contribution in [2.45, 2.75) is 37.8 Å². The molecule has 0 aliphatic rings. The van der Waals surface area contributed by atoms with Crippen molar-refractivity contribution in [3.05, 3.63) is 101 Å². The molecular weight excluding hydrogens is 553 g/mol. The Morgan fingerprint density at radius 2 is 1.54 bits per heavy atom. The van der Waals surface area contributed by atoms with Crippen LogP contribution in [0.1, 0.15) is 26.6 Å². The van der Waals surface area contributed by atoms with Gasteiger partial charge in [0.15, 0.2) is 5.82 Å². The molecule has 0 unspecified atom stereocenters. The van der Waals surface area contributed by atoms with E-state index >= 15 is 0 Å². The Labute approximate surface area is 242 Å². The first kappa shape index (κ1) is 28.4. The first-order valence-corrected chi connectivity index (χ1v) is 13.6. The highest BCUT2D eigenvalue weighted by atomic mass is 35.5. The second kappa shape index (κ2) is 13.0. The van der Waals surface area contributed by atoms with Crippen LogP contribution in [-0.4, -0.2) is 27.6 Å². The summed E-state index contributed by atoms with van der Waals surface area (Å²) >= 11 is 13.5. The third-order valence-electron chi connectivity index (χ3n) is 5.12. The quantitative estimate of drug-likeness (QED) is 0.138. The van der Waals surface area contributed by atoms with Gasteiger partial charge in [0.25, 0.3) is 0 Å². The largest absolute Gasteiger partial charge is 0.444 e. The number of carbonyl (C=O) groups is 1. The van der Waals surface area contributed by atoms with Gasteiger partial charge in [0, 0.05) is 32.3 Å². The van der Waals surface area contributed by atoms with Crippen LogP contribution in [0.5, 0.6) is 0 Å². The first-order valence-electron chi connectivity index (χ1n) is 12.1. The van der Waals surface area contributed by atoms with Gasteiger partial charge in [-0.2, -0.15) is 0 Å². The number of benzene rings is 3. The van der Waals surface area contributed by atoms with Crippen molar-refractivity contribution in [1.82, 2.24) is 20.0 Å². The summed E-state index contributed by atoms with van der Waals surface area (Å²) in [6, 6.07) is 24.6. The van der Waals surface area contributed by atoms with Crippen LogP contribution in [0.2, 0.25) is 10.0 Å². The number of rotatable bonds is 6. The van der Waals surface area contributed by atoms with E-state index in [2.05, 4.69) is 20.0 Å². The van der Waals surface area contributed by atoms with Crippen LogP contribution in [0.4, 0.5) is 4.79 Å². The minimum atomic E-state index is -0.657. The van der Waals surface area contributed by atoms with Crippen molar-refractivity contribution in [2.24, 2.45) is 4.99 Å². The first-order chi connectivity index (χ1) is 18.7. The third-order valence-corrected chi connectivity index (χ3v) is 6.43. The molecule has 4 aromatic rings. The van der Waals surface area contributed by atoms with E-state index in [1.165, 1.54) is 11.9 Å². The third kappa shape index (κ3) is 8.71. The topological polar surface area (TPSA) is 88.5 Å². The van der Waals surface area contributed by atoms with E-state index in [4.69, 9.17) is 32.9 Å². The van der Waals surface area contributed by atoms with Gasteiger partial charge in [-0.1, -0.05) is 65.7 Å². The van der Waals surface area contributed by atoms with Gasteiger partial charge in [-0.3, -0.25) is 10.0 Å². The van der Waals surface area contributed by atoms with Crippen LogP contribution >= 0.6 is 35.1 Å². The maximum atomic E-state index is 12.5. The van der Waals surface area contributed by atoms with Gasteiger partial charge in [-0.05, 0) is 74.7 Å². The van der Waals surface area contributed by atoms with E-state index in [-0.39, 0.29) is 12.5 Å². The Hall–Kier alpha value is -3.59. The second-order valence-electron chi connectivity index (χ2n) is 9.37. The number of guanidine groups is 1. The van der Waals surface area contributed by atoms with Crippen LogP contribution in [0.25, 0.3) is 22.4 Å². The molecule has 0 saturated heterocycles. The zero-order chi connectivity index (χ0) is 27.8. The highest BCUT2D eigenvalue weighted by Gasteiger charge is 2.18. The highest BCUT2D eigenvalue weighted by molar-refractivity contribution is 7.98. The lowest BCUT2D eigenvalue weighted by molar-refractivity contribution is 0.0562. The molecule has 0 aliphatic heterocycles. The predicted molar refractivity (Wildman–Crippen MR) is 159 cm³/mol. The molecule has 1 amide bonds. The summed E-state index contributed by atoms with van der Waals surface area (Å²) in [4.78, 5) is 27.4. The molecule has 3 aromatic carbocycles. The molecule has 2 N–H and O–H groups in total. The van der Waals surface area contributed by atoms with Crippen molar-refractivity contribution in [3.63, 3.8) is 0 Å². The number of nitrogens with zero attached hydrogens (tertiary/aromatic N) is 3. The molecule has 0 saturated carbocycles. The van der Waals surface area contributed by atoms with Crippen molar-refractivity contribution in [3.8, 4) is 22.4 Å². The number of amides is 1. The summed E-state index contributed by atoms with van der Waals surface area (Å²) in [5.74, 6) is 0.684.